The zero-order chi connectivity index (χ0) is 23.2. The standard InChI is InChI=1S/C21H26N8OS.CH4S/c22-12-15-14(2-1-3-16(15)23)19-26-20(29-8-10-30-11-9-29)18-21(27-19)31-17(25-18)13-28-6-4-24-5-7-28;1-2/h1-3,12,22,24H,4-11,13,23H2;2H,1H3. The summed E-state index contributed by atoms with van der Waals surface area (Å²) in [7, 11) is 0. The largest absolute Gasteiger partial charge is 0.398 e. The van der Waals surface area contributed by atoms with E-state index in [0.717, 1.165) is 72.5 Å². The number of aromatic nitrogens is 3. The van der Waals surface area contributed by atoms with Crippen LogP contribution in [0.25, 0.3) is 21.7 Å². The lowest BCUT2D eigenvalue weighted by molar-refractivity contribution is 0.122. The average Bonchev–Trinajstić information content (AvgIpc) is 3.28. The molecule has 3 aromatic rings. The van der Waals surface area contributed by atoms with Gasteiger partial charge in [-0.1, -0.05) is 23.5 Å². The van der Waals surface area contributed by atoms with Crippen LogP contribution >= 0.6 is 24.0 Å². The highest BCUT2D eigenvalue weighted by molar-refractivity contribution is 7.79. The third kappa shape index (κ3) is 5.28. The predicted octanol–water partition coefficient (Wildman–Crippen LogP) is 2.12. The van der Waals surface area contributed by atoms with E-state index in [1.165, 1.54) is 6.21 Å². The lowest BCUT2D eigenvalue weighted by Gasteiger charge is -2.28. The molecule has 0 bridgehead atoms. The zero-order valence-corrected chi connectivity index (χ0v) is 20.5. The molecular formula is C22H30N8OS2. The van der Waals surface area contributed by atoms with Crippen molar-refractivity contribution < 1.29 is 4.74 Å². The van der Waals surface area contributed by atoms with Gasteiger partial charge in [-0.05, 0) is 12.3 Å². The summed E-state index contributed by atoms with van der Waals surface area (Å²) < 4.78 is 5.54. The van der Waals surface area contributed by atoms with Crippen molar-refractivity contribution in [2.24, 2.45) is 0 Å². The number of hydrogen-bond donors (Lipinski definition) is 4. The molecule has 0 radical (unpaired) electrons. The quantitative estimate of drug-likeness (QED) is 0.246. The van der Waals surface area contributed by atoms with Crippen molar-refractivity contribution >= 4 is 52.0 Å². The predicted molar refractivity (Wildman–Crippen MR) is 139 cm³/mol. The summed E-state index contributed by atoms with van der Waals surface area (Å²) in [5, 5.41) is 12.3. The Bertz CT molecular complexity index is 1090. The molecule has 4 N–H and O–H groups in total. The minimum Gasteiger partial charge on any atom is -0.398 e. The number of nitrogens with two attached hydrogens (primary N) is 1. The average molecular weight is 487 g/mol. The maximum Gasteiger partial charge on any atom is 0.164 e. The lowest BCUT2D eigenvalue weighted by atomic mass is 10.1. The number of fused-ring (bicyclic) bond motifs is 1. The van der Waals surface area contributed by atoms with Gasteiger partial charge in [0.1, 0.15) is 15.4 Å². The summed E-state index contributed by atoms with van der Waals surface area (Å²) in [5.74, 6) is 1.42. The molecule has 4 heterocycles. The molecule has 2 aliphatic rings. The third-order valence-electron chi connectivity index (χ3n) is 5.69. The highest BCUT2D eigenvalue weighted by Crippen LogP contribution is 2.33. The van der Waals surface area contributed by atoms with Crippen molar-refractivity contribution in [3.05, 3.63) is 28.8 Å². The van der Waals surface area contributed by atoms with Gasteiger partial charge in [0.05, 0.1) is 19.8 Å². The van der Waals surface area contributed by atoms with Gasteiger partial charge < -0.3 is 26.1 Å². The van der Waals surface area contributed by atoms with E-state index < -0.39 is 0 Å². The van der Waals surface area contributed by atoms with E-state index in [1.54, 1.807) is 23.7 Å². The van der Waals surface area contributed by atoms with Crippen molar-refractivity contribution in [2.45, 2.75) is 6.54 Å². The summed E-state index contributed by atoms with van der Waals surface area (Å²) in [5.41, 5.74) is 8.92. The van der Waals surface area contributed by atoms with Crippen molar-refractivity contribution in [1.29, 1.82) is 5.41 Å². The van der Waals surface area contributed by atoms with Crippen LogP contribution in [0.3, 0.4) is 0 Å². The molecule has 9 nitrogen and oxygen atoms in total. The Kier molecular flexibility index (Phi) is 8.10. The Morgan fingerprint density at radius 1 is 1.15 bits per heavy atom. The minimum absolute atomic E-state index is 0.549. The first-order valence-corrected chi connectivity index (χ1v) is 12.7. The number of benzene rings is 1. The van der Waals surface area contributed by atoms with Crippen LogP contribution in [0.1, 0.15) is 10.6 Å². The van der Waals surface area contributed by atoms with Gasteiger partial charge in [0.15, 0.2) is 11.6 Å². The Balaban J connectivity index is 0.00000126. The fraction of sp³-hybridized carbons (Fsp3) is 0.455. The first-order chi connectivity index (χ1) is 16.2. The molecule has 0 atom stereocenters. The molecule has 2 saturated heterocycles. The Labute approximate surface area is 203 Å². The van der Waals surface area contributed by atoms with E-state index in [4.69, 9.17) is 30.8 Å². The summed E-state index contributed by atoms with van der Waals surface area (Å²) in [6.45, 7) is 7.76. The molecule has 0 amide bonds. The number of thiol groups is 1. The zero-order valence-electron chi connectivity index (χ0n) is 18.8. The van der Waals surface area contributed by atoms with E-state index in [2.05, 4.69) is 27.7 Å². The number of piperazine rings is 1. The van der Waals surface area contributed by atoms with Crippen LogP contribution in [0, 0.1) is 5.41 Å². The lowest BCUT2D eigenvalue weighted by Crippen LogP contribution is -2.42. The first kappa shape index (κ1) is 23.8. The van der Waals surface area contributed by atoms with Gasteiger partial charge in [0.25, 0.3) is 0 Å². The number of nitrogens with one attached hydrogen (secondary N) is 2. The van der Waals surface area contributed by atoms with E-state index >= 15 is 0 Å². The molecule has 33 heavy (non-hydrogen) atoms. The molecule has 176 valence electrons. The van der Waals surface area contributed by atoms with Crippen LogP contribution in [0.5, 0.6) is 0 Å². The van der Waals surface area contributed by atoms with Crippen LogP contribution in [0.15, 0.2) is 18.2 Å². The fourth-order valence-corrected chi connectivity index (χ4v) is 5.01. The highest BCUT2D eigenvalue weighted by atomic mass is 32.1. The number of anilines is 2. The number of nitrogens with zero attached hydrogens (tertiary/aromatic N) is 5. The molecule has 0 unspecified atom stereocenters. The van der Waals surface area contributed by atoms with Gasteiger partial charge in [-0.3, -0.25) is 4.90 Å². The van der Waals surface area contributed by atoms with E-state index in [0.29, 0.717) is 30.3 Å². The number of hydrogen-bond acceptors (Lipinski definition) is 11. The second kappa shape index (κ2) is 11.2. The second-order valence-corrected chi connectivity index (χ2v) is 8.77. The van der Waals surface area contributed by atoms with Crippen molar-refractivity contribution in [3.8, 4) is 11.4 Å². The molecule has 2 aromatic heterocycles. The number of ether oxygens (including phenoxy) is 1. The Morgan fingerprint density at radius 2 is 1.91 bits per heavy atom. The Hall–Kier alpha value is -2.31. The highest BCUT2D eigenvalue weighted by Gasteiger charge is 2.23. The summed E-state index contributed by atoms with van der Waals surface area (Å²) in [6, 6.07) is 5.59. The fourth-order valence-electron chi connectivity index (χ4n) is 4.03. The van der Waals surface area contributed by atoms with Gasteiger partial charge in [-0.15, -0.1) is 0 Å². The van der Waals surface area contributed by atoms with Crippen LogP contribution in [-0.2, 0) is 11.3 Å². The number of thiazole rings is 1. The van der Waals surface area contributed by atoms with Gasteiger partial charge in [-0.2, -0.15) is 12.6 Å². The maximum atomic E-state index is 7.83. The molecule has 11 heteroatoms. The maximum absolute atomic E-state index is 7.83. The summed E-state index contributed by atoms with van der Waals surface area (Å²) in [6.07, 6.45) is 2.97. The molecule has 2 fully saturated rings. The van der Waals surface area contributed by atoms with E-state index in [1.807, 2.05) is 12.1 Å². The minimum atomic E-state index is 0.549. The van der Waals surface area contributed by atoms with Crippen LogP contribution in [0.4, 0.5) is 11.5 Å². The number of nitrogen functional groups attached to an aromatic ring is 1. The SMILES string of the molecule is CS.N=Cc1c(N)cccc1-c1nc(N2CCOCC2)c2nc(CN3CCNCC3)sc2n1. The molecule has 0 spiro atoms. The van der Waals surface area contributed by atoms with Crippen molar-refractivity contribution in [3.63, 3.8) is 0 Å². The van der Waals surface area contributed by atoms with Gasteiger partial charge in [0.2, 0.25) is 0 Å². The van der Waals surface area contributed by atoms with Gasteiger partial charge in [0, 0.05) is 62.3 Å². The summed E-state index contributed by atoms with van der Waals surface area (Å²) in [4.78, 5) is 20.3. The molecule has 5 rings (SSSR count). The third-order valence-corrected chi connectivity index (χ3v) is 6.62. The summed E-state index contributed by atoms with van der Waals surface area (Å²) >= 11 is 5.15. The number of morpholine rings is 1. The molecular weight excluding hydrogens is 456 g/mol. The molecule has 1 aromatic carbocycles. The Morgan fingerprint density at radius 3 is 2.64 bits per heavy atom. The van der Waals surface area contributed by atoms with Gasteiger partial charge >= 0.3 is 0 Å². The second-order valence-electron chi connectivity index (χ2n) is 7.71. The van der Waals surface area contributed by atoms with Crippen LogP contribution in [0.2, 0.25) is 0 Å². The van der Waals surface area contributed by atoms with E-state index in [-0.39, 0.29) is 0 Å². The van der Waals surface area contributed by atoms with Crippen LogP contribution < -0.4 is 16.0 Å². The normalized spacial score (nSPS) is 17.0. The smallest absolute Gasteiger partial charge is 0.164 e. The van der Waals surface area contributed by atoms with Gasteiger partial charge in [-0.25, -0.2) is 15.0 Å². The van der Waals surface area contributed by atoms with Crippen LogP contribution in [-0.4, -0.2) is 84.8 Å². The first-order valence-electron chi connectivity index (χ1n) is 11.0. The molecule has 0 saturated carbocycles. The monoisotopic (exact) mass is 486 g/mol. The molecule has 0 aliphatic carbocycles. The molecule has 2 aliphatic heterocycles. The van der Waals surface area contributed by atoms with Crippen molar-refractivity contribution in [1.82, 2.24) is 25.2 Å². The number of rotatable bonds is 5. The topological polar surface area (TPSA) is 116 Å². The van der Waals surface area contributed by atoms with Crippen molar-refractivity contribution in [2.75, 3.05) is 69.4 Å². The van der Waals surface area contributed by atoms with E-state index in [9.17, 15) is 0 Å².